The highest BCUT2D eigenvalue weighted by atomic mass is 32.1. The Morgan fingerprint density at radius 2 is 2.00 bits per heavy atom. The van der Waals surface area contributed by atoms with Crippen LogP contribution in [0.1, 0.15) is 38.8 Å². The van der Waals surface area contributed by atoms with E-state index in [2.05, 4.69) is 11.6 Å². The molecule has 4 rings (SSSR count). The van der Waals surface area contributed by atoms with Crippen molar-refractivity contribution in [3.8, 4) is 5.75 Å². The molecular weight excluding hydrogens is 488 g/mol. The molecule has 180 valence electrons. The van der Waals surface area contributed by atoms with Gasteiger partial charge in [-0.15, -0.1) is 11.3 Å². The minimum atomic E-state index is -0.896. The highest BCUT2D eigenvalue weighted by Crippen LogP contribution is 2.45. The second-order valence-corrected chi connectivity index (χ2v) is 9.40. The number of nitrogens with zero attached hydrogens (tertiary/aromatic N) is 2. The van der Waals surface area contributed by atoms with E-state index in [1.54, 1.807) is 56.3 Å². The SMILES string of the molecule is C=CCOc1ccc(/C(O)=C2\C(=O)C(=O)N(c3nc(C)c(C(=O)OCC)s3)[C@H]2c2cccs2)cc1. The van der Waals surface area contributed by atoms with Crippen LogP contribution in [0.2, 0.25) is 0 Å². The zero-order valence-corrected chi connectivity index (χ0v) is 20.6. The van der Waals surface area contributed by atoms with Crippen LogP contribution in [0.15, 0.2) is 60.0 Å². The molecule has 10 heteroatoms. The number of anilines is 1. The maximum absolute atomic E-state index is 13.2. The number of aryl methyl sites for hydroxylation is 1. The van der Waals surface area contributed by atoms with E-state index in [0.29, 0.717) is 28.5 Å². The van der Waals surface area contributed by atoms with Gasteiger partial charge in [0.15, 0.2) is 5.13 Å². The van der Waals surface area contributed by atoms with Crippen molar-refractivity contribution in [1.82, 2.24) is 4.98 Å². The number of rotatable bonds is 8. The van der Waals surface area contributed by atoms with Crippen LogP contribution >= 0.6 is 22.7 Å². The second-order valence-electron chi connectivity index (χ2n) is 7.44. The lowest BCUT2D eigenvalue weighted by atomic mass is 10.00. The van der Waals surface area contributed by atoms with Gasteiger partial charge in [-0.1, -0.05) is 30.1 Å². The molecule has 1 saturated heterocycles. The quantitative estimate of drug-likeness (QED) is 0.151. The molecule has 1 aliphatic heterocycles. The fourth-order valence-electron chi connectivity index (χ4n) is 3.64. The predicted molar refractivity (Wildman–Crippen MR) is 134 cm³/mol. The number of thiazole rings is 1. The summed E-state index contributed by atoms with van der Waals surface area (Å²) in [4.78, 5) is 45.3. The van der Waals surface area contributed by atoms with Crippen LogP contribution in [0, 0.1) is 6.92 Å². The topological polar surface area (TPSA) is 106 Å². The average Bonchev–Trinajstić information content (AvgIpc) is 3.57. The molecular formula is C25H22N2O6S2. The van der Waals surface area contributed by atoms with Crippen LogP contribution < -0.4 is 9.64 Å². The van der Waals surface area contributed by atoms with Crippen LogP contribution in [0.5, 0.6) is 5.75 Å². The molecule has 3 heterocycles. The fraction of sp³-hybridized carbons (Fsp3) is 0.200. The Labute approximate surface area is 209 Å². The summed E-state index contributed by atoms with van der Waals surface area (Å²) < 4.78 is 10.6. The van der Waals surface area contributed by atoms with E-state index >= 15 is 0 Å². The number of hydrogen-bond donors (Lipinski definition) is 1. The smallest absolute Gasteiger partial charge is 0.350 e. The lowest BCUT2D eigenvalue weighted by Crippen LogP contribution is -2.29. The first-order valence-electron chi connectivity index (χ1n) is 10.7. The molecule has 1 aromatic carbocycles. The Kier molecular flexibility index (Phi) is 7.13. The third-order valence-corrected chi connectivity index (χ3v) is 7.27. The van der Waals surface area contributed by atoms with Gasteiger partial charge >= 0.3 is 11.9 Å². The van der Waals surface area contributed by atoms with Gasteiger partial charge in [-0.3, -0.25) is 14.5 Å². The monoisotopic (exact) mass is 510 g/mol. The summed E-state index contributed by atoms with van der Waals surface area (Å²) in [6.07, 6.45) is 1.62. The van der Waals surface area contributed by atoms with Gasteiger partial charge < -0.3 is 14.6 Å². The van der Waals surface area contributed by atoms with E-state index in [0.717, 1.165) is 11.3 Å². The number of carbonyl (C=O) groups is 3. The molecule has 0 saturated carbocycles. The molecule has 0 aliphatic carbocycles. The van der Waals surface area contributed by atoms with Gasteiger partial charge in [0.2, 0.25) is 0 Å². The lowest BCUT2D eigenvalue weighted by molar-refractivity contribution is -0.132. The maximum atomic E-state index is 13.2. The van der Waals surface area contributed by atoms with E-state index in [1.807, 2.05) is 5.38 Å². The van der Waals surface area contributed by atoms with Gasteiger partial charge in [-0.05, 0) is 49.6 Å². The molecule has 0 radical (unpaired) electrons. The molecule has 0 bridgehead atoms. The molecule has 0 unspecified atom stereocenters. The van der Waals surface area contributed by atoms with Crippen LogP contribution in [-0.4, -0.2) is 41.0 Å². The van der Waals surface area contributed by atoms with Crippen molar-refractivity contribution in [3.05, 3.63) is 81.0 Å². The number of benzene rings is 1. The summed E-state index contributed by atoms with van der Waals surface area (Å²) in [5, 5.41) is 13.2. The minimum Gasteiger partial charge on any atom is -0.507 e. The molecule has 3 aromatic rings. The summed E-state index contributed by atoms with van der Waals surface area (Å²) >= 11 is 2.31. The highest BCUT2D eigenvalue weighted by molar-refractivity contribution is 7.18. The van der Waals surface area contributed by atoms with Gasteiger partial charge in [0.1, 0.15) is 29.0 Å². The normalized spacial score (nSPS) is 17.0. The van der Waals surface area contributed by atoms with Crippen LogP contribution in [-0.2, 0) is 14.3 Å². The minimum absolute atomic E-state index is 0.0530. The number of Topliss-reactive ketones (excluding diaryl/α,β-unsaturated/α-hetero) is 1. The second kappa shape index (κ2) is 10.2. The number of aliphatic hydroxyl groups is 1. The Morgan fingerprint density at radius 1 is 1.26 bits per heavy atom. The number of hydrogen-bond acceptors (Lipinski definition) is 9. The summed E-state index contributed by atoms with van der Waals surface area (Å²) in [6.45, 7) is 7.47. The first-order chi connectivity index (χ1) is 16.9. The largest absolute Gasteiger partial charge is 0.507 e. The third-order valence-electron chi connectivity index (χ3n) is 5.20. The van der Waals surface area contributed by atoms with E-state index < -0.39 is 23.7 Å². The van der Waals surface area contributed by atoms with Crippen molar-refractivity contribution in [3.63, 3.8) is 0 Å². The Morgan fingerprint density at radius 3 is 2.63 bits per heavy atom. The van der Waals surface area contributed by atoms with Crippen molar-refractivity contribution in [2.24, 2.45) is 0 Å². The van der Waals surface area contributed by atoms with Gasteiger partial charge in [0.05, 0.1) is 17.9 Å². The number of ketones is 1. The lowest BCUT2D eigenvalue weighted by Gasteiger charge is -2.21. The fourth-order valence-corrected chi connectivity index (χ4v) is 5.45. The summed E-state index contributed by atoms with van der Waals surface area (Å²) in [5.74, 6) is -1.95. The first kappa shape index (κ1) is 24.4. The van der Waals surface area contributed by atoms with Crippen molar-refractivity contribution >= 4 is 51.2 Å². The number of ether oxygens (including phenoxy) is 2. The number of amides is 1. The zero-order chi connectivity index (χ0) is 25.1. The van der Waals surface area contributed by atoms with Crippen LogP contribution in [0.3, 0.4) is 0 Å². The van der Waals surface area contributed by atoms with Crippen molar-refractivity contribution in [2.45, 2.75) is 19.9 Å². The Bertz CT molecular complexity index is 1310. The van der Waals surface area contributed by atoms with Crippen LogP contribution in [0.4, 0.5) is 5.13 Å². The van der Waals surface area contributed by atoms with Gasteiger partial charge in [-0.25, -0.2) is 9.78 Å². The Hall–Kier alpha value is -3.76. The summed E-state index contributed by atoms with van der Waals surface area (Å²) in [7, 11) is 0. The van der Waals surface area contributed by atoms with Crippen LogP contribution in [0.25, 0.3) is 5.76 Å². The number of aliphatic hydroxyl groups excluding tert-OH is 1. The van der Waals surface area contributed by atoms with Crippen molar-refractivity contribution in [1.29, 1.82) is 0 Å². The zero-order valence-electron chi connectivity index (χ0n) is 19.0. The molecule has 1 atom stereocenters. The molecule has 2 aromatic heterocycles. The molecule has 0 spiro atoms. The van der Waals surface area contributed by atoms with E-state index in [-0.39, 0.29) is 27.9 Å². The molecule has 1 aliphatic rings. The van der Waals surface area contributed by atoms with Gasteiger partial charge in [0.25, 0.3) is 5.78 Å². The highest BCUT2D eigenvalue weighted by Gasteiger charge is 2.48. The molecule has 1 fully saturated rings. The Balaban J connectivity index is 1.80. The molecule has 1 N–H and O–H groups in total. The standard InChI is InChI=1S/C25H22N2O6S2/c1-4-12-33-16-10-8-15(9-11-16)20(28)18-19(17-7-6-13-34-17)27(23(30)21(18)29)25-26-14(3)22(35-25)24(31)32-5-2/h4,6-11,13,19,28H,1,5,12H2,2-3H3/b20-18+/t19-/m0/s1. The molecule has 8 nitrogen and oxygen atoms in total. The van der Waals surface area contributed by atoms with E-state index in [9.17, 15) is 19.5 Å². The summed E-state index contributed by atoms with van der Waals surface area (Å²) in [6, 6.07) is 9.21. The maximum Gasteiger partial charge on any atom is 0.350 e. The third kappa shape index (κ3) is 4.62. The van der Waals surface area contributed by atoms with E-state index in [4.69, 9.17) is 9.47 Å². The van der Waals surface area contributed by atoms with E-state index in [1.165, 1.54) is 16.2 Å². The number of carbonyl (C=O) groups excluding carboxylic acids is 3. The number of aromatic nitrogens is 1. The average molecular weight is 511 g/mol. The van der Waals surface area contributed by atoms with Crippen molar-refractivity contribution < 1.29 is 29.0 Å². The van der Waals surface area contributed by atoms with Gasteiger partial charge in [0, 0.05) is 10.4 Å². The molecule has 1 amide bonds. The van der Waals surface area contributed by atoms with Gasteiger partial charge in [-0.2, -0.15) is 0 Å². The number of esters is 1. The molecule has 35 heavy (non-hydrogen) atoms. The first-order valence-corrected chi connectivity index (χ1v) is 12.4. The number of thiophene rings is 1. The summed E-state index contributed by atoms with van der Waals surface area (Å²) in [5.41, 5.74) is 0.700. The predicted octanol–water partition coefficient (Wildman–Crippen LogP) is 4.88. The van der Waals surface area contributed by atoms with Crippen molar-refractivity contribution in [2.75, 3.05) is 18.1 Å².